The lowest BCUT2D eigenvalue weighted by Crippen LogP contribution is -2.19. The number of hydrogen-bond acceptors (Lipinski definition) is 1. The van der Waals surface area contributed by atoms with Crippen molar-refractivity contribution in [1.82, 2.24) is 0 Å². The lowest BCUT2D eigenvalue weighted by Gasteiger charge is -2.08. The summed E-state index contributed by atoms with van der Waals surface area (Å²) in [5.41, 5.74) is 0. The van der Waals surface area contributed by atoms with Crippen LogP contribution in [0.1, 0.15) is 0 Å². The molecule has 3 aromatic carbocycles. The Morgan fingerprint density at radius 1 is 0.737 bits per heavy atom. The number of rotatable bonds is 3. The number of benzene rings is 3. The van der Waals surface area contributed by atoms with Crippen LogP contribution in [0, 0.1) is 0 Å². The first kappa shape index (κ1) is 11.8. The summed E-state index contributed by atoms with van der Waals surface area (Å²) in [6.07, 6.45) is 0. The maximum absolute atomic E-state index is 11.8. The fraction of sp³-hybridized carbons (Fsp3) is 0. The quantitative estimate of drug-likeness (QED) is 0.667. The van der Waals surface area contributed by atoms with Crippen LogP contribution in [0.15, 0.2) is 66.7 Å². The molecule has 0 spiro atoms. The van der Waals surface area contributed by atoms with E-state index >= 15 is 0 Å². The van der Waals surface area contributed by atoms with Crippen LogP contribution >= 0.6 is 0 Å². The molecule has 3 aromatic rings. The van der Waals surface area contributed by atoms with Crippen LogP contribution in [0.2, 0.25) is 0 Å². The highest BCUT2D eigenvalue weighted by Crippen LogP contribution is 2.32. The SMILES string of the molecule is [O]c1ccc(O[Si]c2ccccc2)c2ccccc12. The van der Waals surface area contributed by atoms with Crippen molar-refractivity contribution in [3.63, 3.8) is 0 Å². The molecule has 0 aliphatic heterocycles. The van der Waals surface area contributed by atoms with Crippen molar-refractivity contribution in [3.05, 3.63) is 66.7 Å². The van der Waals surface area contributed by atoms with E-state index in [0.717, 1.165) is 16.3 Å². The Kier molecular flexibility index (Phi) is 3.21. The minimum atomic E-state index is 0.0333. The Hall–Kier alpha value is -2.26. The molecule has 0 aliphatic carbocycles. The molecule has 3 rings (SSSR count). The first-order valence-corrected chi connectivity index (χ1v) is 6.92. The molecule has 19 heavy (non-hydrogen) atoms. The van der Waals surface area contributed by atoms with Crippen LogP contribution in [0.4, 0.5) is 0 Å². The maximum Gasteiger partial charge on any atom is 0.351 e. The summed E-state index contributed by atoms with van der Waals surface area (Å²) in [5.74, 6) is 0.795. The van der Waals surface area contributed by atoms with E-state index in [1.54, 1.807) is 12.1 Å². The smallest absolute Gasteiger partial charge is 0.351 e. The van der Waals surface area contributed by atoms with Crippen LogP contribution in [0.25, 0.3) is 10.8 Å². The highest BCUT2D eigenvalue weighted by molar-refractivity contribution is 6.47. The molecule has 0 saturated carbocycles. The van der Waals surface area contributed by atoms with Crippen molar-refractivity contribution in [1.29, 1.82) is 0 Å². The standard InChI is InChI=1S/C16H11O2Si/c17-15-10-11-16(14-9-5-4-8-13(14)15)18-19-12-6-2-1-3-7-12/h1-11H. The third kappa shape index (κ3) is 2.46. The molecule has 2 nitrogen and oxygen atoms in total. The molecule has 0 atom stereocenters. The second-order valence-electron chi connectivity index (χ2n) is 4.18. The Balaban J connectivity index is 1.91. The monoisotopic (exact) mass is 263 g/mol. The Bertz CT molecular complexity index is 695. The highest BCUT2D eigenvalue weighted by atomic mass is 28.2. The lowest BCUT2D eigenvalue weighted by molar-refractivity contribution is 0.360. The summed E-state index contributed by atoms with van der Waals surface area (Å²) < 4.78 is 5.85. The van der Waals surface area contributed by atoms with Gasteiger partial charge in [-0.2, -0.15) is 0 Å². The molecule has 3 radical (unpaired) electrons. The van der Waals surface area contributed by atoms with Crippen LogP contribution in [0.5, 0.6) is 11.5 Å². The van der Waals surface area contributed by atoms with Gasteiger partial charge in [0.1, 0.15) is 5.75 Å². The van der Waals surface area contributed by atoms with E-state index in [-0.39, 0.29) is 15.5 Å². The third-order valence-electron chi connectivity index (χ3n) is 2.90. The molecule has 0 N–H and O–H groups in total. The molecule has 0 saturated heterocycles. The second kappa shape index (κ2) is 5.16. The van der Waals surface area contributed by atoms with Gasteiger partial charge in [0.25, 0.3) is 0 Å². The fourth-order valence-electron chi connectivity index (χ4n) is 1.95. The van der Waals surface area contributed by atoms with Gasteiger partial charge in [-0.25, -0.2) is 0 Å². The Morgan fingerprint density at radius 3 is 2.21 bits per heavy atom. The van der Waals surface area contributed by atoms with Gasteiger partial charge in [-0.1, -0.05) is 54.6 Å². The van der Waals surface area contributed by atoms with E-state index in [0.29, 0.717) is 5.39 Å². The van der Waals surface area contributed by atoms with Crippen molar-refractivity contribution in [2.75, 3.05) is 0 Å². The van der Waals surface area contributed by atoms with Crippen molar-refractivity contribution < 1.29 is 9.53 Å². The number of fused-ring (bicyclic) bond motifs is 1. The summed E-state index contributed by atoms with van der Waals surface area (Å²) in [6, 6.07) is 20.9. The molecule has 0 bridgehead atoms. The topological polar surface area (TPSA) is 29.1 Å². The van der Waals surface area contributed by atoms with Crippen molar-refractivity contribution in [2.45, 2.75) is 0 Å². The molecule has 0 aliphatic rings. The molecule has 0 amide bonds. The molecule has 0 aromatic heterocycles. The predicted octanol–water partition coefficient (Wildman–Crippen LogP) is 3.31. The van der Waals surface area contributed by atoms with Crippen molar-refractivity contribution in [3.8, 4) is 11.5 Å². The minimum absolute atomic E-state index is 0.0333. The fourth-order valence-corrected chi connectivity index (χ4v) is 2.69. The highest BCUT2D eigenvalue weighted by Gasteiger charge is 2.07. The van der Waals surface area contributed by atoms with Gasteiger partial charge in [-0.05, 0) is 17.3 Å². The zero-order valence-corrected chi connectivity index (χ0v) is 11.2. The van der Waals surface area contributed by atoms with Gasteiger partial charge in [0, 0.05) is 10.8 Å². The van der Waals surface area contributed by atoms with Crippen LogP contribution < -0.4 is 9.61 Å². The zero-order valence-electron chi connectivity index (χ0n) is 10.2. The van der Waals surface area contributed by atoms with Crippen LogP contribution in [-0.4, -0.2) is 9.76 Å². The normalized spacial score (nSPS) is 10.5. The van der Waals surface area contributed by atoms with Gasteiger partial charge in [0.2, 0.25) is 0 Å². The average molecular weight is 263 g/mol. The van der Waals surface area contributed by atoms with Crippen molar-refractivity contribution >= 4 is 25.7 Å². The molecular weight excluding hydrogens is 252 g/mol. The van der Waals surface area contributed by atoms with Gasteiger partial charge in [0.05, 0.1) is 0 Å². The average Bonchev–Trinajstić information content (AvgIpc) is 2.48. The maximum atomic E-state index is 11.8. The van der Waals surface area contributed by atoms with Crippen LogP contribution in [-0.2, 0) is 5.11 Å². The third-order valence-corrected chi connectivity index (χ3v) is 3.79. The molecule has 0 heterocycles. The second-order valence-corrected chi connectivity index (χ2v) is 5.16. The molecule has 3 heteroatoms. The predicted molar refractivity (Wildman–Crippen MR) is 76.5 cm³/mol. The largest absolute Gasteiger partial charge is 0.535 e. The van der Waals surface area contributed by atoms with Gasteiger partial charge < -0.3 is 4.43 Å². The van der Waals surface area contributed by atoms with Gasteiger partial charge in [-0.15, -0.1) is 0 Å². The molecule has 91 valence electrons. The summed E-state index contributed by atoms with van der Waals surface area (Å²) >= 11 is 0. The van der Waals surface area contributed by atoms with Gasteiger partial charge >= 0.3 is 9.76 Å². The van der Waals surface area contributed by atoms with E-state index in [9.17, 15) is 5.11 Å². The Morgan fingerprint density at radius 2 is 1.42 bits per heavy atom. The minimum Gasteiger partial charge on any atom is -0.535 e. The van der Waals surface area contributed by atoms with Crippen LogP contribution in [0.3, 0.4) is 0 Å². The van der Waals surface area contributed by atoms with E-state index < -0.39 is 0 Å². The first-order chi connectivity index (χ1) is 9.34. The first-order valence-electron chi connectivity index (χ1n) is 6.01. The van der Waals surface area contributed by atoms with Gasteiger partial charge in [0.15, 0.2) is 5.75 Å². The molecular formula is C16H11O2Si. The number of hydrogen-bond donors (Lipinski definition) is 0. The Labute approximate surface area is 114 Å². The zero-order chi connectivity index (χ0) is 13.1. The molecule has 0 fully saturated rings. The van der Waals surface area contributed by atoms with Crippen molar-refractivity contribution in [2.24, 2.45) is 0 Å². The summed E-state index contributed by atoms with van der Waals surface area (Å²) in [6.45, 7) is 0. The van der Waals surface area contributed by atoms with E-state index in [1.807, 2.05) is 54.6 Å². The summed E-state index contributed by atoms with van der Waals surface area (Å²) in [7, 11) is 0.240. The van der Waals surface area contributed by atoms with E-state index in [2.05, 4.69) is 0 Å². The summed E-state index contributed by atoms with van der Waals surface area (Å²) in [4.78, 5) is 0. The van der Waals surface area contributed by atoms with Gasteiger partial charge in [-0.3, -0.25) is 5.11 Å². The lowest BCUT2D eigenvalue weighted by atomic mass is 10.1. The summed E-state index contributed by atoms with van der Waals surface area (Å²) in [5, 5.41) is 14.5. The van der Waals surface area contributed by atoms with E-state index in [4.69, 9.17) is 4.43 Å². The molecule has 0 unspecified atom stereocenters. The van der Waals surface area contributed by atoms with E-state index in [1.165, 1.54) is 0 Å².